The van der Waals surface area contributed by atoms with Crippen molar-refractivity contribution in [3.05, 3.63) is 58.1 Å². The molecule has 0 saturated carbocycles. The summed E-state index contributed by atoms with van der Waals surface area (Å²) >= 11 is 1.72. The molecule has 0 fully saturated rings. The van der Waals surface area contributed by atoms with Gasteiger partial charge in [-0.3, -0.25) is 10.1 Å². The standard InChI is InChI=1S/C15H12N2O3S/c1-2-21-14-6-4-13(5-7-14)20-15-8-3-12(17(18)19)9-11(15)10-16/h3-9H,2H2,1H3. The molecule has 0 aliphatic rings. The predicted molar refractivity (Wildman–Crippen MR) is 80.7 cm³/mol. The fourth-order valence-electron chi connectivity index (χ4n) is 1.71. The van der Waals surface area contributed by atoms with Gasteiger partial charge < -0.3 is 4.74 Å². The Morgan fingerprint density at radius 3 is 2.57 bits per heavy atom. The third kappa shape index (κ3) is 3.74. The van der Waals surface area contributed by atoms with Crippen LogP contribution in [0.4, 0.5) is 5.69 Å². The van der Waals surface area contributed by atoms with Gasteiger partial charge in [-0.2, -0.15) is 5.26 Å². The van der Waals surface area contributed by atoms with Crippen LogP contribution in [0.3, 0.4) is 0 Å². The molecule has 21 heavy (non-hydrogen) atoms. The number of rotatable bonds is 5. The van der Waals surface area contributed by atoms with Crippen LogP contribution in [0.25, 0.3) is 0 Å². The van der Waals surface area contributed by atoms with E-state index in [4.69, 9.17) is 10.00 Å². The Labute approximate surface area is 126 Å². The number of nitro groups is 1. The molecule has 0 atom stereocenters. The Morgan fingerprint density at radius 2 is 2.00 bits per heavy atom. The zero-order chi connectivity index (χ0) is 15.2. The predicted octanol–water partition coefficient (Wildman–Crippen LogP) is 4.37. The van der Waals surface area contributed by atoms with Crippen LogP contribution >= 0.6 is 11.8 Å². The molecular formula is C15H12N2O3S. The largest absolute Gasteiger partial charge is 0.456 e. The molecule has 0 heterocycles. The van der Waals surface area contributed by atoms with E-state index in [1.165, 1.54) is 18.2 Å². The molecule has 0 unspecified atom stereocenters. The second-order valence-electron chi connectivity index (χ2n) is 4.06. The number of ether oxygens (including phenoxy) is 1. The maximum Gasteiger partial charge on any atom is 0.271 e. The lowest BCUT2D eigenvalue weighted by Crippen LogP contribution is -1.92. The van der Waals surface area contributed by atoms with Gasteiger partial charge in [0.05, 0.1) is 4.92 Å². The SMILES string of the molecule is CCSc1ccc(Oc2ccc([N+](=O)[O-])cc2C#N)cc1. The summed E-state index contributed by atoms with van der Waals surface area (Å²) in [7, 11) is 0. The molecule has 0 aliphatic heterocycles. The molecule has 6 heteroatoms. The van der Waals surface area contributed by atoms with Crippen LogP contribution < -0.4 is 4.74 Å². The van der Waals surface area contributed by atoms with Gasteiger partial charge >= 0.3 is 0 Å². The normalized spacial score (nSPS) is 9.90. The fourth-order valence-corrected chi connectivity index (χ4v) is 2.37. The van der Waals surface area contributed by atoms with Gasteiger partial charge in [-0.1, -0.05) is 6.92 Å². The summed E-state index contributed by atoms with van der Waals surface area (Å²) in [5, 5.41) is 19.8. The van der Waals surface area contributed by atoms with E-state index in [1.807, 2.05) is 18.2 Å². The van der Waals surface area contributed by atoms with Gasteiger partial charge in [-0.15, -0.1) is 11.8 Å². The monoisotopic (exact) mass is 300 g/mol. The topological polar surface area (TPSA) is 76.2 Å². The van der Waals surface area contributed by atoms with Gasteiger partial charge in [0, 0.05) is 17.0 Å². The van der Waals surface area contributed by atoms with Gasteiger partial charge in [0.15, 0.2) is 0 Å². The Bertz CT molecular complexity index is 693. The molecule has 0 spiro atoms. The summed E-state index contributed by atoms with van der Waals surface area (Å²) in [4.78, 5) is 11.3. The molecule has 0 aliphatic carbocycles. The van der Waals surface area contributed by atoms with Crippen molar-refractivity contribution >= 4 is 17.4 Å². The van der Waals surface area contributed by atoms with Crippen LogP contribution in [0, 0.1) is 21.4 Å². The molecule has 0 N–H and O–H groups in total. The molecule has 2 aromatic rings. The van der Waals surface area contributed by atoms with Crippen molar-refractivity contribution in [2.75, 3.05) is 5.75 Å². The van der Waals surface area contributed by atoms with E-state index in [0.717, 1.165) is 10.6 Å². The molecule has 0 radical (unpaired) electrons. The van der Waals surface area contributed by atoms with Crippen molar-refractivity contribution in [2.24, 2.45) is 0 Å². The van der Waals surface area contributed by atoms with E-state index in [1.54, 1.807) is 23.9 Å². The van der Waals surface area contributed by atoms with Crippen LogP contribution in [0.15, 0.2) is 47.4 Å². The minimum absolute atomic E-state index is 0.131. The van der Waals surface area contributed by atoms with E-state index in [-0.39, 0.29) is 11.3 Å². The third-order valence-electron chi connectivity index (χ3n) is 2.66. The van der Waals surface area contributed by atoms with Crippen molar-refractivity contribution in [1.82, 2.24) is 0 Å². The molecule has 5 nitrogen and oxygen atoms in total. The second kappa shape index (κ2) is 6.77. The number of nitriles is 1. The first-order valence-electron chi connectivity index (χ1n) is 6.23. The molecule has 2 rings (SSSR count). The van der Waals surface area contributed by atoms with E-state index >= 15 is 0 Å². The van der Waals surface area contributed by atoms with Crippen LogP contribution in [0.2, 0.25) is 0 Å². The molecule has 0 saturated heterocycles. The maximum atomic E-state index is 10.7. The summed E-state index contributed by atoms with van der Waals surface area (Å²) in [6.07, 6.45) is 0. The van der Waals surface area contributed by atoms with Crippen molar-refractivity contribution in [1.29, 1.82) is 5.26 Å². The second-order valence-corrected chi connectivity index (χ2v) is 5.39. The zero-order valence-corrected chi connectivity index (χ0v) is 12.1. The zero-order valence-electron chi connectivity index (χ0n) is 11.3. The molecule has 0 bridgehead atoms. The Morgan fingerprint density at radius 1 is 1.29 bits per heavy atom. The average molecular weight is 300 g/mol. The van der Waals surface area contributed by atoms with Crippen molar-refractivity contribution in [3.63, 3.8) is 0 Å². The van der Waals surface area contributed by atoms with Gasteiger partial charge in [0.25, 0.3) is 5.69 Å². The number of hydrogen-bond donors (Lipinski definition) is 0. The van der Waals surface area contributed by atoms with Gasteiger partial charge in [-0.05, 0) is 36.1 Å². The van der Waals surface area contributed by atoms with Gasteiger partial charge in [0.2, 0.25) is 0 Å². The molecule has 0 aromatic heterocycles. The first kappa shape index (κ1) is 14.9. The van der Waals surface area contributed by atoms with Crippen LogP contribution in [-0.4, -0.2) is 10.7 Å². The fraction of sp³-hybridized carbons (Fsp3) is 0.133. The Balaban J connectivity index is 2.23. The maximum absolute atomic E-state index is 10.7. The minimum Gasteiger partial charge on any atom is -0.456 e. The van der Waals surface area contributed by atoms with E-state index in [9.17, 15) is 10.1 Å². The summed E-state index contributed by atoms with van der Waals surface area (Å²) in [5.74, 6) is 1.88. The van der Waals surface area contributed by atoms with Crippen LogP contribution in [0.5, 0.6) is 11.5 Å². The van der Waals surface area contributed by atoms with Crippen LogP contribution in [-0.2, 0) is 0 Å². The third-order valence-corrected chi connectivity index (χ3v) is 3.55. The molecule has 106 valence electrons. The highest BCUT2D eigenvalue weighted by Crippen LogP contribution is 2.29. The number of hydrogen-bond acceptors (Lipinski definition) is 5. The molecule has 2 aromatic carbocycles. The molecule has 0 amide bonds. The lowest BCUT2D eigenvalue weighted by molar-refractivity contribution is -0.384. The first-order chi connectivity index (χ1) is 10.1. The number of nitro benzene ring substituents is 1. The number of benzene rings is 2. The highest BCUT2D eigenvalue weighted by molar-refractivity contribution is 7.99. The van der Waals surface area contributed by atoms with Gasteiger partial charge in [-0.25, -0.2) is 0 Å². The van der Waals surface area contributed by atoms with Crippen molar-refractivity contribution in [3.8, 4) is 17.6 Å². The van der Waals surface area contributed by atoms with Crippen molar-refractivity contribution in [2.45, 2.75) is 11.8 Å². The summed E-state index contributed by atoms with van der Waals surface area (Å²) in [6, 6.07) is 13.3. The Kier molecular flexibility index (Phi) is 4.80. The van der Waals surface area contributed by atoms with E-state index in [2.05, 4.69) is 6.92 Å². The number of non-ortho nitro benzene ring substituents is 1. The Hall–Kier alpha value is -2.52. The minimum atomic E-state index is -0.540. The lowest BCUT2D eigenvalue weighted by Gasteiger charge is -2.08. The first-order valence-corrected chi connectivity index (χ1v) is 7.22. The summed E-state index contributed by atoms with van der Waals surface area (Å²) < 4.78 is 5.61. The van der Waals surface area contributed by atoms with Crippen molar-refractivity contribution < 1.29 is 9.66 Å². The van der Waals surface area contributed by atoms with Gasteiger partial charge in [0.1, 0.15) is 23.1 Å². The highest BCUT2D eigenvalue weighted by Gasteiger charge is 2.12. The summed E-state index contributed by atoms with van der Waals surface area (Å²) in [6.45, 7) is 2.07. The van der Waals surface area contributed by atoms with Crippen LogP contribution in [0.1, 0.15) is 12.5 Å². The lowest BCUT2D eigenvalue weighted by atomic mass is 10.2. The number of nitrogens with zero attached hydrogens (tertiary/aromatic N) is 2. The number of thioether (sulfide) groups is 1. The van der Waals surface area contributed by atoms with E-state index < -0.39 is 4.92 Å². The highest BCUT2D eigenvalue weighted by atomic mass is 32.2. The molecular weight excluding hydrogens is 288 g/mol. The van der Waals surface area contributed by atoms with E-state index in [0.29, 0.717) is 11.5 Å². The smallest absolute Gasteiger partial charge is 0.271 e. The summed E-state index contributed by atoms with van der Waals surface area (Å²) in [5.41, 5.74) is 0.00445. The quantitative estimate of drug-likeness (QED) is 0.465. The average Bonchev–Trinajstić information content (AvgIpc) is 2.49.